The third kappa shape index (κ3) is 4.25. The molecule has 2 aromatic rings. The average Bonchev–Trinajstić information content (AvgIpc) is 2.92. The first-order valence-corrected chi connectivity index (χ1v) is 9.30. The van der Waals surface area contributed by atoms with E-state index in [2.05, 4.69) is 4.99 Å². The zero-order valence-electron chi connectivity index (χ0n) is 15.2. The SMILES string of the molecule is Cc1ccc(N=C2S/C(=C/c3cccc([N+](=O)[O-])c3)C(=O)N2C(C)C)cc1. The van der Waals surface area contributed by atoms with Gasteiger partial charge in [0.2, 0.25) is 0 Å². The molecule has 0 spiro atoms. The van der Waals surface area contributed by atoms with Gasteiger partial charge in [0, 0.05) is 18.2 Å². The molecular weight excluding hydrogens is 362 g/mol. The number of carbonyl (C=O) groups is 1. The second-order valence-electron chi connectivity index (χ2n) is 6.46. The Morgan fingerprint density at radius 3 is 2.52 bits per heavy atom. The van der Waals surface area contributed by atoms with Crippen molar-refractivity contribution < 1.29 is 9.72 Å². The molecule has 1 aliphatic heterocycles. The number of nitro benzene ring substituents is 1. The summed E-state index contributed by atoms with van der Waals surface area (Å²) in [5, 5.41) is 11.6. The number of hydrogen-bond acceptors (Lipinski definition) is 5. The van der Waals surface area contributed by atoms with Crippen LogP contribution in [-0.2, 0) is 4.79 Å². The van der Waals surface area contributed by atoms with Crippen molar-refractivity contribution in [2.75, 3.05) is 0 Å². The topological polar surface area (TPSA) is 75.8 Å². The Labute approximate surface area is 161 Å². The van der Waals surface area contributed by atoms with Gasteiger partial charge in [-0.15, -0.1) is 0 Å². The first kappa shape index (κ1) is 18.8. The van der Waals surface area contributed by atoms with Gasteiger partial charge in [0.1, 0.15) is 0 Å². The molecule has 0 N–H and O–H groups in total. The van der Waals surface area contributed by atoms with Crippen molar-refractivity contribution in [3.8, 4) is 0 Å². The Balaban J connectivity index is 1.96. The molecule has 1 heterocycles. The lowest BCUT2D eigenvalue weighted by atomic mass is 10.2. The summed E-state index contributed by atoms with van der Waals surface area (Å²) in [6, 6.07) is 13.9. The number of carbonyl (C=O) groups excluding carboxylic acids is 1. The first-order valence-electron chi connectivity index (χ1n) is 8.48. The number of rotatable bonds is 4. The van der Waals surface area contributed by atoms with E-state index < -0.39 is 4.92 Å². The molecule has 0 bridgehead atoms. The fourth-order valence-electron chi connectivity index (χ4n) is 2.63. The van der Waals surface area contributed by atoms with E-state index in [-0.39, 0.29) is 17.6 Å². The van der Waals surface area contributed by atoms with E-state index >= 15 is 0 Å². The zero-order chi connectivity index (χ0) is 19.6. The van der Waals surface area contributed by atoms with E-state index in [0.717, 1.165) is 11.3 Å². The molecule has 1 fully saturated rings. The van der Waals surface area contributed by atoms with Crippen molar-refractivity contribution in [2.24, 2.45) is 4.99 Å². The van der Waals surface area contributed by atoms with Gasteiger partial charge in [-0.3, -0.25) is 19.8 Å². The van der Waals surface area contributed by atoms with Crippen molar-refractivity contribution in [2.45, 2.75) is 26.8 Å². The highest BCUT2D eigenvalue weighted by molar-refractivity contribution is 8.18. The summed E-state index contributed by atoms with van der Waals surface area (Å²) in [7, 11) is 0. The van der Waals surface area contributed by atoms with Crippen LogP contribution in [0.15, 0.2) is 58.4 Å². The maximum atomic E-state index is 12.8. The number of nitro groups is 1. The quantitative estimate of drug-likeness (QED) is 0.428. The van der Waals surface area contributed by atoms with E-state index in [9.17, 15) is 14.9 Å². The smallest absolute Gasteiger partial charge is 0.270 e. The van der Waals surface area contributed by atoms with Gasteiger partial charge in [0.25, 0.3) is 11.6 Å². The van der Waals surface area contributed by atoms with E-state index in [1.54, 1.807) is 23.1 Å². The molecule has 0 radical (unpaired) electrons. The Morgan fingerprint density at radius 1 is 1.19 bits per heavy atom. The van der Waals surface area contributed by atoms with Crippen molar-refractivity contribution in [3.05, 3.63) is 74.7 Å². The molecule has 0 atom stereocenters. The third-order valence-corrected chi connectivity index (χ3v) is 4.97. The van der Waals surface area contributed by atoms with E-state index in [1.165, 1.54) is 23.9 Å². The first-order chi connectivity index (χ1) is 12.8. The minimum atomic E-state index is -0.448. The van der Waals surface area contributed by atoms with E-state index in [4.69, 9.17) is 0 Å². The number of amides is 1. The lowest BCUT2D eigenvalue weighted by Crippen LogP contribution is -2.35. The molecule has 138 valence electrons. The number of aliphatic imine (C=N–C) groups is 1. The Hall–Kier alpha value is -2.93. The molecule has 1 saturated heterocycles. The molecule has 0 unspecified atom stereocenters. The number of hydrogen-bond donors (Lipinski definition) is 0. The lowest BCUT2D eigenvalue weighted by Gasteiger charge is -2.19. The van der Waals surface area contributed by atoms with Gasteiger partial charge in [-0.25, -0.2) is 4.99 Å². The predicted octanol–water partition coefficient (Wildman–Crippen LogP) is 4.92. The second kappa shape index (κ2) is 7.75. The fraction of sp³-hybridized carbons (Fsp3) is 0.200. The summed E-state index contributed by atoms with van der Waals surface area (Å²) in [5.74, 6) is -0.146. The summed E-state index contributed by atoms with van der Waals surface area (Å²) >= 11 is 1.28. The number of thioether (sulfide) groups is 1. The Bertz CT molecular complexity index is 949. The molecule has 2 aromatic carbocycles. The van der Waals surface area contributed by atoms with Crippen LogP contribution >= 0.6 is 11.8 Å². The van der Waals surface area contributed by atoms with Crippen LogP contribution in [0.1, 0.15) is 25.0 Å². The fourth-order valence-corrected chi connectivity index (χ4v) is 3.75. The average molecular weight is 381 g/mol. The van der Waals surface area contributed by atoms with Crippen molar-refractivity contribution in [3.63, 3.8) is 0 Å². The van der Waals surface area contributed by atoms with E-state index in [1.807, 2.05) is 45.0 Å². The van der Waals surface area contributed by atoms with Crippen LogP contribution < -0.4 is 0 Å². The number of benzene rings is 2. The molecular formula is C20H19N3O3S. The number of aryl methyl sites for hydroxylation is 1. The van der Waals surface area contributed by atoms with Crippen LogP contribution in [-0.4, -0.2) is 26.9 Å². The lowest BCUT2D eigenvalue weighted by molar-refractivity contribution is -0.384. The molecule has 6 nitrogen and oxygen atoms in total. The number of amidine groups is 1. The monoisotopic (exact) mass is 381 g/mol. The Kier molecular flexibility index (Phi) is 5.41. The summed E-state index contributed by atoms with van der Waals surface area (Å²) in [4.78, 5) is 30.1. The predicted molar refractivity (Wildman–Crippen MR) is 109 cm³/mol. The van der Waals surface area contributed by atoms with Crippen LogP contribution in [0, 0.1) is 17.0 Å². The summed E-state index contributed by atoms with van der Waals surface area (Å²) in [6.45, 7) is 5.87. The number of nitrogens with zero attached hydrogens (tertiary/aromatic N) is 3. The zero-order valence-corrected chi connectivity index (χ0v) is 16.1. The van der Waals surface area contributed by atoms with Gasteiger partial charge in [-0.05, 0) is 56.3 Å². The van der Waals surface area contributed by atoms with Crippen LogP contribution in [0.5, 0.6) is 0 Å². The van der Waals surface area contributed by atoms with Gasteiger partial charge < -0.3 is 0 Å². The second-order valence-corrected chi connectivity index (χ2v) is 7.47. The van der Waals surface area contributed by atoms with Gasteiger partial charge in [0.05, 0.1) is 15.5 Å². The normalized spacial score (nSPS) is 17.3. The van der Waals surface area contributed by atoms with Crippen LogP contribution in [0.25, 0.3) is 6.08 Å². The maximum absolute atomic E-state index is 12.8. The molecule has 27 heavy (non-hydrogen) atoms. The van der Waals surface area contributed by atoms with Gasteiger partial charge >= 0.3 is 0 Å². The summed E-state index contributed by atoms with van der Waals surface area (Å²) < 4.78 is 0. The van der Waals surface area contributed by atoms with Crippen LogP contribution in [0.2, 0.25) is 0 Å². The highest BCUT2D eigenvalue weighted by atomic mass is 32.2. The van der Waals surface area contributed by atoms with Crippen LogP contribution in [0.3, 0.4) is 0 Å². The standard InChI is InChI=1S/C20H19N3O3S/c1-13(2)22-19(24)18(12-15-5-4-6-17(11-15)23(25)26)27-20(22)21-16-9-7-14(3)8-10-16/h4-13H,1-3H3/b18-12+,21-20?. The Morgan fingerprint density at radius 2 is 1.89 bits per heavy atom. The molecule has 0 saturated carbocycles. The summed E-state index contributed by atoms with van der Waals surface area (Å²) in [6.07, 6.45) is 1.67. The van der Waals surface area contributed by atoms with Gasteiger partial charge in [0.15, 0.2) is 5.17 Å². The van der Waals surface area contributed by atoms with Gasteiger partial charge in [-0.2, -0.15) is 0 Å². The number of non-ortho nitro benzene ring substituents is 1. The van der Waals surface area contributed by atoms with Crippen molar-refractivity contribution in [1.29, 1.82) is 0 Å². The van der Waals surface area contributed by atoms with Crippen molar-refractivity contribution >= 4 is 40.3 Å². The summed E-state index contributed by atoms with van der Waals surface area (Å²) in [5.41, 5.74) is 2.52. The molecule has 3 rings (SSSR count). The minimum Gasteiger partial charge on any atom is -0.284 e. The molecule has 0 aliphatic carbocycles. The van der Waals surface area contributed by atoms with Gasteiger partial charge in [-0.1, -0.05) is 29.8 Å². The maximum Gasteiger partial charge on any atom is 0.270 e. The highest BCUT2D eigenvalue weighted by Gasteiger charge is 2.35. The molecule has 1 aliphatic rings. The third-order valence-electron chi connectivity index (χ3n) is 3.99. The van der Waals surface area contributed by atoms with Crippen molar-refractivity contribution in [1.82, 2.24) is 4.90 Å². The van der Waals surface area contributed by atoms with Crippen LogP contribution in [0.4, 0.5) is 11.4 Å². The molecule has 1 amide bonds. The largest absolute Gasteiger partial charge is 0.284 e. The molecule has 7 heteroatoms. The highest BCUT2D eigenvalue weighted by Crippen LogP contribution is 2.35. The minimum absolute atomic E-state index is 0.00550. The molecule has 0 aromatic heterocycles. The van der Waals surface area contributed by atoms with E-state index in [0.29, 0.717) is 15.6 Å².